The first-order valence-corrected chi connectivity index (χ1v) is 7.48. The van der Waals surface area contributed by atoms with E-state index in [9.17, 15) is 4.79 Å². The lowest BCUT2D eigenvalue weighted by Crippen LogP contribution is -2.33. The number of hydrogen-bond donors (Lipinski definition) is 1. The van der Waals surface area contributed by atoms with E-state index in [4.69, 9.17) is 27.9 Å². The first-order valence-electron chi connectivity index (χ1n) is 6.72. The van der Waals surface area contributed by atoms with E-state index in [1.54, 1.807) is 29.9 Å². The molecule has 2 aromatic rings. The van der Waals surface area contributed by atoms with Crippen molar-refractivity contribution in [2.75, 3.05) is 6.61 Å². The third-order valence-electron chi connectivity index (χ3n) is 3.05. The van der Waals surface area contributed by atoms with Crippen molar-refractivity contribution in [1.82, 2.24) is 20.1 Å². The highest BCUT2D eigenvalue weighted by Crippen LogP contribution is 2.27. The molecule has 118 valence electrons. The molecule has 8 heteroatoms. The quantitative estimate of drug-likeness (QED) is 0.876. The van der Waals surface area contributed by atoms with Crippen molar-refractivity contribution in [3.8, 4) is 5.75 Å². The summed E-state index contributed by atoms with van der Waals surface area (Å²) < 4.78 is 7.03. The molecular weight excluding hydrogens is 327 g/mol. The molecule has 1 N–H and O–H groups in total. The molecule has 1 amide bonds. The van der Waals surface area contributed by atoms with Crippen molar-refractivity contribution in [1.29, 1.82) is 0 Å². The predicted molar refractivity (Wildman–Crippen MR) is 84.1 cm³/mol. The lowest BCUT2D eigenvalue weighted by molar-refractivity contribution is -0.123. The summed E-state index contributed by atoms with van der Waals surface area (Å²) in [6.07, 6.45) is 2.15. The second-order valence-corrected chi connectivity index (χ2v) is 5.48. The smallest absolute Gasteiger partial charge is 0.258 e. The Labute approximate surface area is 138 Å². The summed E-state index contributed by atoms with van der Waals surface area (Å²) in [5.41, 5.74) is 0. The molecule has 6 nitrogen and oxygen atoms in total. The molecule has 1 aromatic carbocycles. The minimum Gasteiger partial charge on any atom is -0.482 e. The largest absolute Gasteiger partial charge is 0.482 e. The van der Waals surface area contributed by atoms with Gasteiger partial charge in [0.2, 0.25) is 0 Å². The second kappa shape index (κ2) is 7.47. The molecule has 1 atom stereocenters. The maximum absolute atomic E-state index is 12.0. The summed E-state index contributed by atoms with van der Waals surface area (Å²) in [6, 6.07) is 4.61. The second-order valence-electron chi connectivity index (χ2n) is 4.63. The van der Waals surface area contributed by atoms with Crippen molar-refractivity contribution in [3.05, 3.63) is 40.4 Å². The van der Waals surface area contributed by atoms with Gasteiger partial charge in [-0.1, -0.05) is 30.1 Å². The Kier molecular flexibility index (Phi) is 5.63. The van der Waals surface area contributed by atoms with Crippen LogP contribution in [0.25, 0.3) is 0 Å². The maximum atomic E-state index is 12.0. The number of carbonyl (C=O) groups is 1. The average Bonchev–Trinajstić information content (AvgIpc) is 2.90. The van der Waals surface area contributed by atoms with Gasteiger partial charge in [0, 0.05) is 12.1 Å². The minimum atomic E-state index is -0.263. The Morgan fingerprint density at radius 2 is 2.23 bits per heavy atom. The fraction of sp³-hybridized carbons (Fsp3) is 0.357. The van der Waals surface area contributed by atoms with Crippen LogP contribution in [-0.2, 0) is 11.8 Å². The zero-order valence-corrected chi connectivity index (χ0v) is 13.7. The highest BCUT2D eigenvalue weighted by atomic mass is 35.5. The monoisotopic (exact) mass is 342 g/mol. The lowest BCUT2D eigenvalue weighted by atomic mass is 10.2. The lowest BCUT2D eigenvalue weighted by Gasteiger charge is -2.16. The number of amides is 1. The molecule has 1 aromatic heterocycles. The first kappa shape index (κ1) is 16.6. The van der Waals surface area contributed by atoms with Crippen molar-refractivity contribution >= 4 is 29.1 Å². The predicted octanol–water partition coefficient (Wildman–Crippen LogP) is 2.77. The van der Waals surface area contributed by atoms with Gasteiger partial charge in [-0.15, -0.1) is 0 Å². The summed E-state index contributed by atoms with van der Waals surface area (Å²) in [4.78, 5) is 16.2. The molecule has 0 saturated carbocycles. The van der Waals surface area contributed by atoms with E-state index in [1.807, 2.05) is 6.92 Å². The minimum absolute atomic E-state index is 0.143. The SMILES string of the molecule is CCC(NC(=O)COc1ccc(Cl)cc1Cl)c1ncnn1C. The van der Waals surface area contributed by atoms with E-state index in [0.29, 0.717) is 28.0 Å². The third kappa shape index (κ3) is 4.11. The molecule has 22 heavy (non-hydrogen) atoms. The summed E-state index contributed by atoms with van der Waals surface area (Å²) in [7, 11) is 1.78. The molecule has 0 aliphatic heterocycles. The average molecular weight is 343 g/mol. The molecule has 0 bridgehead atoms. The third-order valence-corrected chi connectivity index (χ3v) is 3.58. The molecule has 1 unspecified atom stereocenters. The Morgan fingerprint density at radius 3 is 2.82 bits per heavy atom. The number of carbonyl (C=O) groups excluding carboxylic acids is 1. The van der Waals surface area contributed by atoms with Crippen molar-refractivity contribution < 1.29 is 9.53 Å². The van der Waals surface area contributed by atoms with Crippen LogP contribution in [0.3, 0.4) is 0 Å². The molecule has 0 saturated heterocycles. The van der Waals surface area contributed by atoms with E-state index in [0.717, 1.165) is 0 Å². The van der Waals surface area contributed by atoms with Crippen molar-refractivity contribution in [3.63, 3.8) is 0 Å². The summed E-state index contributed by atoms with van der Waals surface area (Å²) in [5.74, 6) is 0.842. The van der Waals surface area contributed by atoms with Crippen molar-refractivity contribution in [2.24, 2.45) is 7.05 Å². The number of aromatic nitrogens is 3. The summed E-state index contributed by atoms with van der Waals surface area (Å²) in [5, 5.41) is 7.72. The number of benzene rings is 1. The number of rotatable bonds is 6. The van der Waals surface area contributed by atoms with Gasteiger partial charge in [0.1, 0.15) is 17.9 Å². The van der Waals surface area contributed by atoms with Gasteiger partial charge >= 0.3 is 0 Å². The molecule has 1 heterocycles. The van der Waals surface area contributed by atoms with E-state index in [-0.39, 0.29) is 18.6 Å². The Hall–Kier alpha value is -1.79. The Bertz CT molecular complexity index is 660. The molecule has 0 aliphatic carbocycles. The van der Waals surface area contributed by atoms with Gasteiger partial charge in [0.05, 0.1) is 11.1 Å². The van der Waals surface area contributed by atoms with Gasteiger partial charge in [-0.05, 0) is 24.6 Å². The summed E-state index contributed by atoms with van der Waals surface area (Å²) in [6.45, 7) is 1.81. The van der Waals surface area contributed by atoms with Crippen LogP contribution in [0, 0.1) is 0 Å². The number of nitrogens with zero attached hydrogens (tertiary/aromatic N) is 3. The Morgan fingerprint density at radius 1 is 1.45 bits per heavy atom. The van der Waals surface area contributed by atoms with Gasteiger partial charge in [-0.25, -0.2) is 4.98 Å². The number of ether oxygens (including phenoxy) is 1. The van der Waals surface area contributed by atoms with Crippen LogP contribution in [-0.4, -0.2) is 27.3 Å². The van der Waals surface area contributed by atoms with E-state index < -0.39 is 0 Å². The first-order chi connectivity index (χ1) is 10.5. The standard InChI is InChI=1S/C14H16Cl2N4O2/c1-3-11(14-17-8-18-20(14)2)19-13(21)7-22-12-5-4-9(15)6-10(12)16/h4-6,8,11H,3,7H2,1-2H3,(H,19,21). The van der Waals surface area contributed by atoms with Crippen LogP contribution in [0.2, 0.25) is 10.0 Å². The Balaban J connectivity index is 1.93. The number of halogens is 2. The van der Waals surface area contributed by atoms with E-state index in [2.05, 4.69) is 15.4 Å². The molecular formula is C14H16Cl2N4O2. The zero-order valence-electron chi connectivity index (χ0n) is 12.2. The fourth-order valence-corrected chi connectivity index (χ4v) is 2.40. The highest BCUT2D eigenvalue weighted by Gasteiger charge is 2.17. The molecule has 0 aliphatic rings. The van der Waals surface area contributed by atoms with Gasteiger partial charge in [-0.3, -0.25) is 9.48 Å². The number of nitrogens with one attached hydrogen (secondary N) is 1. The summed E-state index contributed by atoms with van der Waals surface area (Å²) >= 11 is 11.8. The van der Waals surface area contributed by atoms with Crippen LogP contribution >= 0.6 is 23.2 Å². The van der Waals surface area contributed by atoms with Crippen LogP contribution in [0.1, 0.15) is 25.2 Å². The zero-order chi connectivity index (χ0) is 16.1. The van der Waals surface area contributed by atoms with Crippen LogP contribution in [0.5, 0.6) is 5.75 Å². The van der Waals surface area contributed by atoms with Crippen molar-refractivity contribution in [2.45, 2.75) is 19.4 Å². The molecule has 0 fully saturated rings. The molecule has 0 spiro atoms. The normalized spacial score (nSPS) is 12.0. The van der Waals surface area contributed by atoms with E-state index >= 15 is 0 Å². The molecule has 2 rings (SSSR count). The van der Waals surface area contributed by atoms with Gasteiger partial charge in [0.25, 0.3) is 5.91 Å². The maximum Gasteiger partial charge on any atom is 0.258 e. The van der Waals surface area contributed by atoms with Gasteiger partial charge < -0.3 is 10.1 Å². The van der Waals surface area contributed by atoms with Crippen LogP contribution in [0.15, 0.2) is 24.5 Å². The van der Waals surface area contributed by atoms with E-state index in [1.165, 1.54) is 6.33 Å². The topological polar surface area (TPSA) is 69.0 Å². The highest BCUT2D eigenvalue weighted by molar-refractivity contribution is 6.35. The van der Waals surface area contributed by atoms with Crippen LogP contribution < -0.4 is 10.1 Å². The van der Waals surface area contributed by atoms with Crippen LogP contribution in [0.4, 0.5) is 0 Å². The number of hydrogen-bond acceptors (Lipinski definition) is 4. The fourth-order valence-electron chi connectivity index (χ4n) is 1.94. The number of aryl methyl sites for hydroxylation is 1. The molecule has 0 radical (unpaired) electrons. The van der Waals surface area contributed by atoms with Gasteiger partial charge in [0.15, 0.2) is 6.61 Å². The van der Waals surface area contributed by atoms with Gasteiger partial charge in [-0.2, -0.15) is 5.10 Å².